The molecule has 0 saturated carbocycles. The minimum Gasteiger partial charge on any atom is -0.442 e. The van der Waals surface area contributed by atoms with Gasteiger partial charge in [-0.2, -0.15) is 5.10 Å². The summed E-state index contributed by atoms with van der Waals surface area (Å²) in [7, 11) is 0. The van der Waals surface area contributed by atoms with E-state index in [4.69, 9.17) is 14.2 Å². The van der Waals surface area contributed by atoms with Gasteiger partial charge in [-0.3, -0.25) is 19.3 Å². The van der Waals surface area contributed by atoms with Crippen molar-refractivity contribution in [1.29, 1.82) is 0 Å². The number of ether oxygens (including phenoxy) is 3. The average Bonchev–Trinajstić information content (AvgIpc) is 3.11. The van der Waals surface area contributed by atoms with Gasteiger partial charge in [0.2, 0.25) is 0 Å². The summed E-state index contributed by atoms with van der Waals surface area (Å²) in [5, 5.41) is 15.0. The van der Waals surface area contributed by atoms with Crippen molar-refractivity contribution in [2.75, 3.05) is 24.7 Å². The molecule has 0 spiro atoms. The predicted octanol–water partition coefficient (Wildman–Crippen LogP) is 0.907. The Hall–Kier alpha value is -2.30. The van der Waals surface area contributed by atoms with E-state index in [1.807, 2.05) is 0 Å². The zero-order valence-electron chi connectivity index (χ0n) is 18.4. The Balaban J connectivity index is 2.10. The number of amides is 1. The van der Waals surface area contributed by atoms with Crippen LogP contribution in [0.15, 0.2) is 12.3 Å². The molecule has 0 unspecified atom stereocenters. The number of hydrogen-bond donors (Lipinski definition) is 1. The highest BCUT2D eigenvalue weighted by Gasteiger charge is 2.48. The molecule has 1 saturated heterocycles. The number of hydrogen-bond acceptors (Lipinski definition) is 8. The molecule has 1 N–H and O–H groups in total. The molecule has 2 atom stereocenters. The zero-order valence-corrected chi connectivity index (χ0v) is 18.4. The van der Waals surface area contributed by atoms with Crippen molar-refractivity contribution in [3.63, 3.8) is 0 Å². The first kappa shape index (κ1) is 24.0. The molecule has 1 aliphatic rings. The van der Waals surface area contributed by atoms with Crippen molar-refractivity contribution in [1.82, 2.24) is 9.78 Å². The normalized spacial score (nSPS) is 20.0. The fraction of sp³-hybridized carbons (Fsp3) is 0.700. The molecule has 0 bridgehead atoms. The fourth-order valence-electron chi connectivity index (χ4n) is 2.58. The number of aldehydes is 1. The van der Waals surface area contributed by atoms with Crippen LogP contribution >= 0.6 is 0 Å². The number of morpholine rings is 1. The largest absolute Gasteiger partial charge is 0.442 e. The van der Waals surface area contributed by atoms with Gasteiger partial charge >= 0.3 is 5.97 Å². The van der Waals surface area contributed by atoms with Gasteiger partial charge in [-0.15, -0.1) is 0 Å². The first-order valence-electron chi connectivity index (χ1n) is 9.73. The van der Waals surface area contributed by atoms with Gasteiger partial charge in [-0.05, 0) is 41.5 Å². The maximum Gasteiger partial charge on any atom is 0.313 e. The van der Waals surface area contributed by atoms with Crippen LogP contribution in [0, 0.1) is 5.41 Å². The van der Waals surface area contributed by atoms with Crippen LogP contribution in [0.5, 0.6) is 0 Å². The number of nitrogens with zero attached hydrogens (tertiary/aromatic N) is 3. The van der Waals surface area contributed by atoms with E-state index in [0.29, 0.717) is 5.82 Å². The molecule has 0 aromatic carbocycles. The van der Waals surface area contributed by atoms with Gasteiger partial charge in [-0.1, -0.05) is 0 Å². The summed E-state index contributed by atoms with van der Waals surface area (Å²) in [4.78, 5) is 37.8. The second-order valence-electron chi connectivity index (χ2n) is 9.28. The van der Waals surface area contributed by atoms with Crippen LogP contribution in [-0.2, 0) is 35.3 Å². The van der Waals surface area contributed by atoms with Crippen molar-refractivity contribution in [3.8, 4) is 0 Å². The molecule has 0 aliphatic carbocycles. The highest BCUT2D eigenvalue weighted by atomic mass is 16.5. The van der Waals surface area contributed by atoms with Gasteiger partial charge < -0.3 is 19.3 Å². The van der Waals surface area contributed by atoms with Crippen LogP contribution in [0.25, 0.3) is 0 Å². The van der Waals surface area contributed by atoms with Crippen molar-refractivity contribution in [3.05, 3.63) is 12.3 Å². The van der Waals surface area contributed by atoms with Crippen molar-refractivity contribution >= 4 is 24.0 Å². The van der Waals surface area contributed by atoms with E-state index in [9.17, 15) is 19.5 Å². The summed E-state index contributed by atoms with van der Waals surface area (Å²) in [5.74, 6) is -0.688. The SMILES string of the molecule is CC(C)(C)OC[C@](O)(C=O)[C@H]1OCCN(c2ccn(COC(=O)C(C)(C)C)n2)C1=O. The van der Waals surface area contributed by atoms with E-state index in [1.54, 1.807) is 53.8 Å². The first-order chi connectivity index (χ1) is 13.8. The Labute approximate surface area is 176 Å². The Morgan fingerprint density at radius 3 is 2.57 bits per heavy atom. The topological polar surface area (TPSA) is 120 Å². The summed E-state index contributed by atoms with van der Waals surface area (Å²) >= 11 is 0. The maximum atomic E-state index is 13.0. The molecule has 30 heavy (non-hydrogen) atoms. The van der Waals surface area contributed by atoms with E-state index in [-0.39, 0.29) is 38.7 Å². The zero-order chi connectivity index (χ0) is 22.7. The van der Waals surface area contributed by atoms with Gasteiger partial charge in [-0.25, -0.2) is 4.68 Å². The number of esters is 1. The highest BCUT2D eigenvalue weighted by Crippen LogP contribution is 2.24. The van der Waals surface area contributed by atoms with Gasteiger partial charge in [0, 0.05) is 12.3 Å². The second kappa shape index (κ2) is 8.83. The lowest BCUT2D eigenvalue weighted by Crippen LogP contribution is -2.61. The first-order valence-corrected chi connectivity index (χ1v) is 9.73. The minimum atomic E-state index is -2.13. The fourth-order valence-corrected chi connectivity index (χ4v) is 2.58. The van der Waals surface area contributed by atoms with Crippen LogP contribution in [0.4, 0.5) is 5.82 Å². The molecule has 168 valence electrons. The van der Waals surface area contributed by atoms with Gasteiger partial charge in [0.1, 0.15) is 0 Å². The summed E-state index contributed by atoms with van der Waals surface area (Å²) in [6.45, 7) is 10.4. The quantitative estimate of drug-likeness (QED) is 0.506. The third-order valence-electron chi connectivity index (χ3n) is 4.33. The van der Waals surface area contributed by atoms with Crippen molar-refractivity contribution in [2.24, 2.45) is 5.41 Å². The molecule has 2 heterocycles. The lowest BCUT2D eigenvalue weighted by Gasteiger charge is -2.38. The lowest BCUT2D eigenvalue weighted by molar-refractivity contribution is -0.180. The lowest BCUT2D eigenvalue weighted by atomic mass is 9.96. The van der Waals surface area contributed by atoms with Crippen LogP contribution in [0.2, 0.25) is 0 Å². The van der Waals surface area contributed by atoms with Gasteiger partial charge in [0.05, 0.1) is 30.8 Å². The Morgan fingerprint density at radius 2 is 2.00 bits per heavy atom. The molecule has 2 rings (SSSR count). The number of rotatable bonds is 7. The van der Waals surface area contributed by atoms with Gasteiger partial charge in [0.15, 0.2) is 30.5 Å². The Bertz CT molecular complexity index is 778. The Morgan fingerprint density at radius 1 is 1.33 bits per heavy atom. The molecule has 1 fully saturated rings. The summed E-state index contributed by atoms with van der Waals surface area (Å²) in [6, 6.07) is 1.58. The second-order valence-corrected chi connectivity index (χ2v) is 9.28. The minimum absolute atomic E-state index is 0.101. The van der Waals surface area contributed by atoms with Crippen LogP contribution in [0.3, 0.4) is 0 Å². The van der Waals surface area contributed by atoms with E-state index < -0.39 is 28.6 Å². The van der Waals surface area contributed by atoms with Crippen LogP contribution in [0.1, 0.15) is 41.5 Å². The van der Waals surface area contributed by atoms with Crippen LogP contribution in [-0.4, -0.2) is 70.1 Å². The molecule has 1 aliphatic heterocycles. The molecule has 1 aromatic rings. The van der Waals surface area contributed by atoms with E-state index >= 15 is 0 Å². The average molecular weight is 425 g/mol. The summed E-state index contributed by atoms with van der Waals surface area (Å²) in [6.07, 6.45) is 0.419. The Kier molecular flexibility index (Phi) is 7.05. The van der Waals surface area contributed by atoms with Crippen molar-refractivity contribution < 1.29 is 33.7 Å². The van der Waals surface area contributed by atoms with Gasteiger partial charge in [0.25, 0.3) is 5.91 Å². The molecule has 0 radical (unpaired) electrons. The molecular formula is C20H31N3O7. The third kappa shape index (κ3) is 5.87. The molecular weight excluding hydrogens is 394 g/mol. The smallest absolute Gasteiger partial charge is 0.313 e. The third-order valence-corrected chi connectivity index (χ3v) is 4.33. The summed E-state index contributed by atoms with van der Waals surface area (Å²) < 4.78 is 17.5. The van der Waals surface area contributed by atoms with E-state index in [1.165, 1.54) is 9.58 Å². The predicted molar refractivity (Wildman–Crippen MR) is 107 cm³/mol. The van der Waals surface area contributed by atoms with Crippen molar-refractivity contribution in [2.45, 2.75) is 65.6 Å². The number of carbonyl (C=O) groups is 3. The number of aromatic nitrogens is 2. The molecule has 10 heteroatoms. The monoisotopic (exact) mass is 425 g/mol. The highest BCUT2D eigenvalue weighted by molar-refractivity contribution is 5.99. The summed E-state index contributed by atoms with van der Waals surface area (Å²) in [5.41, 5.74) is -3.39. The van der Waals surface area contributed by atoms with Crippen LogP contribution < -0.4 is 4.90 Å². The standard InChI is InChI=1S/C20H31N3O7/c1-18(2,3)17(26)29-13-22-8-7-14(21-22)23-9-10-28-15(16(23)25)20(27,11-24)12-30-19(4,5)6/h7-8,11,15,27H,9-10,12-13H2,1-6H3/t15-,20+/m0/s1. The maximum absolute atomic E-state index is 13.0. The molecule has 1 amide bonds. The van der Waals surface area contributed by atoms with E-state index in [2.05, 4.69) is 5.10 Å². The van der Waals surface area contributed by atoms with E-state index in [0.717, 1.165) is 0 Å². The molecule has 10 nitrogen and oxygen atoms in total. The number of aliphatic hydroxyl groups is 1. The number of carbonyl (C=O) groups excluding carboxylic acids is 3. The number of anilines is 1. The molecule has 1 aromatic heterocycles.